The number of amides is 2. The molecule has 1 atom stereocenters. The van der Waals surface area contributed by atoms with Crippen LogP contribution in [-0.2, 0) is 21.7 Å². The van der Waals surface area contributed by atoms with Gasteiger partial charge < -0.3 is 19.4 Å². The number of nitrogens with one attached hydrogen (secondary N) is 1. The Labute approximate surface area is 236 Å². The molecule has 1 N–H and O–H groups in total. The third-order valence-corrected chi connectivity index (χ3v) is 8.40. The topological polar surface area (TPSA) is 75.0 Å². The minimum Gasteiger partial charge on any atom is -0.465 e. The molecular weight excluding hydrogens is 544 g/mol. The van der Waals surface area contributed by atoms with Gasteiger partial charge in [0.1, 0.15) is 22.9 Å². The molecule has 39 heavy (non-hydrogen) atoms. The van der Waals surface area contributed by atoms with E-state index in [9.17, 15) is 14.0 Å². The maximum absolute atomic E-state index is 14.2. The molecule has 2 amide bonds. The lowest BCUT2D eigenvalue weighted by molar-refractivity contribution is -0.123. The minimum atomic E-state index is -0.862. The van der Waals surface area contributed by atoms with Crippen molar-refractivity contribution in [1.82, 2.24) is 10.2 Å². The Kier molecular flexibility index (Phi) is 7.89. The van der Waals surface area contributed by atoms with Gasteiger partial charge >= 0.3 is 6.09 Å². The van der Waals surface area contributed by atoms with E-state index >= 15 is 0 Å². The van der Waals surface area contributed by atoms with Crippen LogP contribution in [0.5, 0.6) is 0 Å². The number of hydrogen-bond acceptors (Lipinski definition) is 5. The number of piperidine rings is 1. The molecule has 1 unspecified atom stereocenters. The zero-order valence-electron chi connectivity index (χ0n) is 21.8. The number of hydrogen-bond donors (Lipinski definition) is 1. The smallest absolute Gasteiger partial charge is 0.414 e. The van der Waals surface area contributed by atoms with Gasteiger partial charge in [-0.15, -0.1) is 0 Å². The maximum Gasteiger partial charge on any atom is 0.414 e. The van der Waals surface area contributed by atoms with E-state index in [-0.39, 0.29) is 18.3 Å². The van der Waals surface area contributed by atoms with Crippen LogP contribution in [0.25, 0.3) is 0 Å². The first kappa shape index (κ1) is 27.5. The first-order chi connectivity index (χ1) is 18.6. The number of likely N-dealkylation sites (tertiary alicyclic amines) is 1. The Morgan fingerprint density at radius 1 is 1.10 bits per heavy atom. The average molecular weight is 574 g/mol. The summed E-state index contributed by atoms with van der Waals surface area (Å²) in [6, 6.07) is 13.4. The van der Waals surface area contributed by atoms with Crippen LogP contribution in [0, 0.1) is 12.7 Å². The summed E-state index contributed by atoms with van der Waals surface area (Å²) in [5.41, 5.74) is 1.29. The van der Waals surface area contributed by atoms with Crippen molar-refractivity contribution in [3.8, 4) is 0 Å². The highest BCUT2D eigenvalue weighted by Gasteiger charge is 2.46. The minimum absolute atomic E-state index is 0.135. The molecule has 1 saturated heterocycles. The van der Waals surface area contributed by atoms with Gasteiger partial charge in [0.05, 0.1) is 28.2 Å². The van der Waals surface area contributed by atoms with Gasteiger partial charge in [-0.3, -0.25) is 9.69 Å². The molecule has 2 aromatic carbocycles. The van der Waals surface area contributed by atoms with Gasteiger partial charge in [-0.05, 0) is 67.9 Å². The summed E-state index contributed by atoms with van der Waals surface area (Å²) in [6.07, 6.45) is 1.17. The largest absolute Gasteiger partial charge is 0.465 e. The van der Waals surface area contributed by atoms with Crippen molar-refractivity contribution in [3.63, 3.8) is 0 Å². The number of fused-ring (bicyclic) bond motifs is 2. The third kappa shape index (κ3) is 5.78. The molecule has 1 fully saturated rings. The number of furan rings is 1. The number of ether oxygens (including phenoxy) is 1. The molecule has 10 heteroatoms. The number of nitrogens with zero attached hydrogens (tertiary/aromatic N) is 2. The number of halogens is 3. The molecule has 1 spiro atoms. The summed E-state index contributed by atoms with van der Waals surface area (Å²) < 4.78 is 25.6. The number of benzene rings is 2. The third-order valence-electron chi connectivity index (χ3n) is 7.66. The van der Waals surface area contributed by atoms with Gasteiger partial charge in [-0.1, -0.05) is 29.3 Å². The molecule has 1 aromatic heterocycles. The van der Waals surface area contributed by atoms with Crippen molar-refractivity contribution in [2.24, 2.45) is 0 Å². The van der Waals surface area contributed by atoms with Crippen LogP contribution in [-0.4, -0.2) is 43.6 Å². The molecule has 0 radical (unpaired) electrons. The van der Waals surface area contributed by atoms with Crippen molar-refractivity contribution >= 4 is 40.9 Å². The van der Waals surface area contributed by atoms with Crippen LogP contribution in [0.15, 0.2) is 52.9 Å². The summed E-state index contributed by atoms with van der Waals surface area (Å²) in [5.74, 6) is 0.512. The summed E-state index contributed by atoms with van der Waals surface area (Å²) >= 11 is 12.4. The Balaban J connectivity index is 1.27. The van der Waals surface area contributed by atoms with Gasteiger partial charge in [-0.2, -0.15) is 0 Å². The monoisotopic (exact) mass is 573 g/mol. The van der Waals surface area contributed by atoms with Crippen LogP contribution in [0.3, 0.4) is 0 Å². The van der Waals surface area contributed by atoms with E-state index in [0.717, 1.165) is 11.3 Å². The normalized spacial score (nSPS) is 17.6. The highest BCUT2D eigenvalue weighted by atomic mass is 35.5. The first-order valence-electron chi connectivity index (χ1n) is 12.9. The fraction of sp³-hybridized carbons (Fsp3) is 0.379. The lowest BCUT2D eigenvalue weighted by Gasteiger charge is -2.46. The van der Waals surface area contributed by atoms with Crippen molar-refractivity contribution in [2.75, 3.05) is 31.6 Å². The van der Waals surface area contributed by atoms with Gasteiger partial charge in [-0.25, -0.2) is 9.18 Å². The van der Waals surface area contributed by atoms with Gasteiger partial charge in [0.15, 0.2) is 0 Å². The highest BCUT2D eigenvalue weighted by Crippen LogP contribution is 2.45. The molecule has 2 aliphatic rings. The van der Waals surface area contributed by atoms with Gasteiger partial charge in [0.2, 0.25) is 5.91 Å². The lowest BCUT2D eigenvalue weighted by Crippen LogP contribution is -2.51. The molecule has 5 rings (SSSR count). The fourth-order valence-corrected chi connectivity index (χ4v) is 5.74. The van der Waals surface area contributed by atoms with Crippen LogP contribution in [0.2, 0.25) is 10.0 Å². The SMILES string of the molecule is Cc1ccc(CNC(=O)C(CCN2CCC3(CC2)OC(=O)N(C)c2ccc(F)cc23)c2ccc(Cl)c(Cl)c2)o1. The number of carbonyl (C=O) groups excluding carboxylic acids is 2. The van der Waals surface area contributed by atoms with E-state index in [4.69, 9.17) is 32.4 Å². The van der Waals surface area contributed by atoms with Gasteiger partial charge in [0, 0.05) is 38.5 Å². The van der Waals surface area contributed by atoms with Crippen LogP contribution >= 0.6 is 23.2 Å². The second kappa shape index (κ2) is 11.2. The highest BCUT2D eigenvalue weighted by molar-refractivity contribution is 6.42. The number of anilines is 1. The van der Waals surface area contributed by atoms with Crippen LogP contribution < -0.4 is 10.2 Å². The van der Waals surface area contributed by atoms with E-state index < -0.39 is 17.6 Å². The summed E-state index contributed by atoms with van der Waals surface area (Å²) in [4.78, 5) is 29.6. The Morgan fingerprint density at radius 3 is 2.56 bits per heavy atom. The van der Waals surface area contributed by atoms with Crippen molar-refractivity contribution < 1.29 is 23.1 Å². The first-order valence-corrected chi connectivity index (χ1v) is 13.7. The standard InChI is InChI=1S/C29H30Cl2FN3O4/c1-18-3-6-21(38-18)17-33-27(36)22(19-4-7-24(30)25(31)15-19)9-12-35-13-10-29(11-14-35)23-16-20(32)5-8-26(23)34(2)28(37)39-29/h3-8,15-16,22H,9-14,17H2,1-2H3,(H,33,36). The molecule has 0 saturated carbocycles. The zero-order chi connectivity index (χ0) is 27.7. The van der Waals surface area contributed by atoms with E-state index in [2.05, 4.69) is 10.2 Å². The van der Waals surface area contributed by atoms with E-state index in [0.29, 0.717) is 66.0 Å². The van der Waals surface area contributed by atoms with E-state index in [1.807, 2.05) is 25.1 Å². The summed E-state index contributed by atoms with van der Waals surface area (Å²) in [6.45, 7) is 4.04. The second-order valence-corrected chi connectivity index (χ2v) is 11.0. The van der Waals surface area contributed by atoms with Crippen LogP contribution in [0.4, 0.5) is 14.9 Å². The Hall–Kier alpha value is -3.07. The van der Waals surface area contributed by atoms with Crippen molar-refractivity contribution in [3.05, 3.63) is 87.0 Å². The fourth-order valence-electron chi connectivity index (χ4n) is 5.43. The van der Waals surface area contributed by atoms with Gasteiger partial charge in [0.25, 0.3) is 0 Å². The molecule has 0 aliphatic carbocycles. The molecule has 3 heterocycles. The predicted molar refractivity (Wildman–Crippen MR) is 148 cm³/mol. The Morgan fingerprint density at radius 2 is 1.87 bits per heavy atom. The average Bonchev–Trinajstić information content (AvgIpc) is 3.34. The lowest BCUT2D eigenvalue weighted by atomic mass is 9.81. The number of carbonyl (C=O) groups is 2. The predicted octanol–water partition coefficient (Wildman–Crippen LogP) is 6.40. The van der Waals surface area contributed by atoms with Crippen LogP contribution in [0.1, 0.15) is 47.8 Å². The molecule has 2 aliphatic heterocycles. The summed E-state index contributed by atoms with van der Waals surface area (Å²) in [5, 5.41) is 3.80. The quantitative estimate of drug-likeness (QED) is 0.354. The summed E-state index contributed by atoms with van der Waals surface area (Å²) in [7, 11) is 1.63. The molecule has 3 aromatic rings. The molecule has 0 bridgehead atoms. The van der Waals surface area contributed by atoms with Crippen molar-refractivity contribution in [1.29, 1.82) is 0 Å². The molecule has 7 nitrogen and oxygen atoms in total. The van der Waals surface area contributed by atoms with Crippen molar-refractivity contribution in [2.45, 2.75) is 44.2 Å². The Bertz CT molecular complexity index is 1390. The number of rotatable bonds is 7. The number of aryl methyl sites for hydroxylation is 1. The second-order valence-electron chi connectivity index (χ2n) is 10.2. The van der Waals surface area contributed by atoms with E-state index in [1.165, 1.54) is 17.0 Å². The van der Waals surface area contributed by atoms with E-state index in [1.54, 1.807) is 25.2 Å². The zero-order valence-corrected chi connectivity index (χ0v) is 23.3. The molecular formula is C29H30Cl2FN3O4. The molecule has 206 valence electrons. The maximum atomic E-state index is 14.2.